The molecule has 1 heterocycles. The molecule has 0 amide bonds. The number of benzene rings is 3. The maximum absolute atomic E-state index is 11.2. The van der Waals surface area contributed by atoms with Gasteiger partial charge in [0.25, 0.3) is 0 Å². The van der Waals surface area contributed by atoms with Crippen LogP contribution in [0.25, 0.3) is 10.2 Å². The third-order valence-corrected chi connectivity index (χ3v) is 7.08. The molecule has 3 aromatic carbocycles. The molecule has 7 heteroatoms. The average Bonchev–Trinajstić information content (AvgIpc) is 3.25. The van der Waals surface area contributed by atoms with Crippen LogP contribution in [0.2, 0.25) is 5.02 Å². The summed E-state index contributed by atoms with van der Waals surface area (Å²) in [5.41, 5.74) is 3.37. The Labute approximate surface area is 195 Å². The van der Waals surface area contributed by atoms with Gasteiger partial charge in [-0.3, -0.25) is 0 Å². The Morgan fingerprint density at radius 3 is 2.47 bits per heavy atom. The van der Waals surface area contributed by atoms with E-state index in [1.54, 1.807) is 30.6 Å². The summed E-state index contributed by atoms with van der Waals surface area (Å²) in [7, 11) is 1.66. The van der Waals surface area contributed by atoms with E-state index >= 15 is 0 Å². The van der Waals surface area contributed by atoms with E-state index in [0.717, 1.165) is 39.6 Å². The molecule has 0 aliphatic carbocycles. The molecule has 0 saturated heterocycles. The van der Waals surface area contributed by atoms with Gasteiger partial charge in [0.05, 0.1) is 34.0 Å². The number of fused-ring (bicyclic) bond motifs is 1. The van der Waals surface area contributed by atoms with Crippen LogP contribution in [0.3, 0.4) is 0 Å². The van der Waals surface area contributed by atoms with Crippen LogP contribution in [0.15, 0.2) is 66.7 Å². The van der Waals surface area contributed by atoms with E-state index < -0.39 is 5.97 Å². The number of hydrogen-bond acceptors (Lipinski definition) is 5. The number of carboxylic acids is 1. The second-order valence-corrected chi connectivity index (χ2v) is 8.86. The summed E-state index contributed by atoms with van der Waals surface area (Å²) in [6.07, 6.45) is 0.825. The van der Waals surface area contributed by atoms with E-state index in [1.807, 2.05) is 42.5 Å². The van der Waals surface area contributed by atoms with Crippen molar-refractivity contribution in [2.45, 2.75) is 19.4 Å². The normalized spacial score (nSPS) is 12.0. The zero-order chi connectivity index (χ0) is 22.7. The maximum atomic E-state index is 11.2. The first-order valence-corrected chi connectivity index (χ1v) is 11.4. The lowest BCUT2D eigenvalue weighted by molar-refractivity contribution is 0.0697. The number of carbonyl (C=O) groups is 1. The fourth-order valence-electron chi connectivity index (χ4n) is 3.61. The van der Waals surface area contributed by atoms with Crippen molar-refractivity contribution >= 4 is 44.3 Å². The van der Waals surface area contributed by atoms with Gasteiger partial charge in [-0.15, -0.1) is 0 Å². The first-order chi connectivity index (χ1) is 15.5. The predicted octanol–water partition coefficient (Wildman–Crippen LogP) is 6.47. The van der Waals surface area contributed by atoms with Crippen LogP contribution < -0.4 is 9.64 Å². The Hall–Kier alpha value is -3.09. The summed E-state index contributed by atoms with van der Waals surface area (Å²) in [6.45, 7) is 2.85. The molecule has 0 aliphatic heterocycles. The third kappa shape index (κ3) is 4.71. The predicted molar refractivity (Wildman–Crippen MR) is 130 cm³/mol. The van der Waals surface area contributed by atoms with Crippen LogP contribution in [-0.2, 0) is 6.42 Å². The number of rotatable bonds is 8. The minimum Gasteiger partial charge on any atom is -0.497 e. The Bertz CT molecular complexity index is 1220. The van der Waals surface area contributed by atoms with E-state index in [-0.39, 0.29) is 11.6 Å². The van der Waals surface area contributed by atoms with Crippen LogP contribution in [0.4, 0.5) is 5.13 Å². The molecule has 0 aliphatic rings. The molecule has 164 valence electrons. The molecule has 5 nitrogen and oxygen atoms in total. The first kappa shape index (κ1) is 22.1. The number of hydrogen-bond donors (Lipinski definition) is 1. The molecule has 1 atom stereocenters. The number of halogens is 1. The average molecular weight is 467 g/mol. The van der Waals surface area contributed by atoms with E-state index in [2.05, 4.69) is 24.0 Å². The number of methoxy groups -OCH3 is 1. The van der Waals surface area contributed by atoms with Crippen molar-refractivity contribution in [3.05, 3.63) is 88.4 Å². The lowest BCUT2D eigenvalue weighted by atomic mass is 10.0. The van der Waals surface area contributed by atoms with Gasteiger partial charge in [-0.25, -0.2) is 9.78 Å². The standard InChI is InChI=1S/C25H23ClN2O3S/c1-16(18-8-10-19(11-9-18)24(29)30)28(15-14-17-6-12-20(31-2)13-7-17)25-27-22-5-3-4-21(26)23(22)32-25/h3-13,16H,14-15H2,1-2H3,(H,29,30). The summed E-state index contributed by atoms with van der Waals surface area (Å²) >= 11 is 7.98. The summed E-state index contributed by atoms with van der Waals surface area (Å²) < 4.78 is 6.22. The smallest absolute Gasteiger partial charge is 0.335 e. The van der Waals surface area contributed by atoms with Crippen molar-refractivity contribution in [3.63, 3.8) is 0 Å². The molecule has 4 rings (SSSR count). The van der Waals surface area contributed by atoms with Crippen molar-refractivity contribution in [1.82, 2.24) is 4.98 Å². The van der Waals surface area contributed by atoms with Gasteiger partial charge in [-0.2, -0.15) is 0 Å². The van der Waals surface area contributed by atoms with Gasteiger partial charge in [-0.1, -0.05) is 53.3 Å². The molecule has 0 radical (unpaired) electrons. The number of carboxylic acid groups (broad SMARTS) is 1. The van der Waals surface area contributed by atoms with Gasteiger partial charge in [0.2, 0.25) is 0 Å². The van der Waals surface area contributed by atoms with Crippen LogP contribution in [0.5, 0.6) is 5.75 Å². The Balaban J connectivity index is 1.65. The van der Waals surface area contributed by atoms with Gasteiger partial charge in [0.15, 0.2) is 5.13 Å². The van der Waals surface area contributed by atoms with E-state index in [9.17, 15) is 9.90 Å². The van der Waals surface area contributed by atoms with Crippen LogP contribution in [0.1, 0.15) is 34.5 Å². The van der Waals surface area contributed by atoms with Crippen LogP contribution in [0, 0.1) is 0 Å². The first-order valence-electron chi connectivity index (χ1n) is 10.2. The Morgan fingerprint density at radius 1 is 1.12 bits per heavy atom. The zero-order valence-corrected chi connectivity index (χ0v) is 19.4. The molecule has 4 aromatic rings. The largest absolute Gasteiger partial charge is 0.497 e. The SMILES string of the molecule is COc1ccc(CCN(c2nc3cccc(Cl)c3s2)C(C)c2ccc(C(=O)O)cc2)cc1. The summed E-state index contributed by atoms with van der Waals surface area (Å²) in [4.78, 5) is 18.3. The molecule has 32 heavy (non-hydrogen) atoms. The van der Waals surface area contributed by atoms with E-state index in [0.29, 0.717) is 5.02 Å². The monoisotopic (exact) mass is 466 g/mol. The van der Waals surface area contributed by atoms with Gasteiger partial charge in [0.1, 0.15) is 5.75 Å². The second kappa shape index (κ2) is 9.59. The van der Waals surface area contributed by atoms with Crippen LogP contribution in [-0.4, -0.2) is 29.7 Å². The highest BCUT2D eigenvalue weighted by Gasteiger charge is 2.21. The van der Waals surface area contributed by atoms with Crippen molar-refractivity contribution in [2.75, 3.05) is 18.6 Å². The molecule has 1 aromatic heterocycles. The van der Waals surface area contributed by atoms with Gasteiger partial charge < -0.3 is 14.7 Å². The fraction of sp³-hybridized carbons (Fsp3) is 0.200. The summed E-state index contributed by atoms with van der Waals surface area (Å²) in [6, 6.07) is 20.8. The number of nitrogens with zero attached hydrogens (tertiary/aromatic N) is 2. The number of aromatic carboxylic acids is 1. The molecule has 0 fully saturated rings. The zero-order valence-electron chi connectivity index (χ0n) is 17.8. The second-order valence-electron chi connectivity index (χ2n) is 7.48. The van der Waals surface area contributed by atoms with Crippen molar-refractivity contribution < 1.29 is 14.6 Å². The van der Waals surface area contributed by atoms with E-state index in [4.69, 9.17) is 21.3 Å². The van der Waals surface area contributed by atoms with Gasteiger partial charge in [0, 0.05) is 6.54 Å². The minimum atomic E-state index is -0.929. The summed E-state index contributed by atoms with van der Waals surface area (Å²) in [5, 5.41) is 10.8. The third-order valence-electron chi connectivity index (χ3n) is 5.51. The maximum Gasteiger partial charge on any atom is 0.335 e. The fourth-order valence-corrected chi connectivity index (χ4v) is 4.97. The molecule has 0 saturated carbocycles. The number of aromatic nitrogens is 1. The van der Waals surface area contributed by atoms with Crippen molar-refractivity contribution in [3.8, 4) is 5.75 Å². The highest BCUT2D eigenvalue weighted by atomic mass is 35.5. The number of ether oxygens (including phenoxy) is 1. The highest BCUT2D eigenvalue weighted by Crippen LogP contribution is 2.37. The van der Waals surface area contributed by atoms with Gasteiger partial charge in [-0.05, 0) is 60.9 Å². The lowest BCUT2D eigenvalue weighted by Gasteiger charge is -2.29. The Kier molecular flexibility index (Phi) is 6.63. The van der Waals surface area contributed by atoms with E-state index in [1.165, 1.54) is 5.56 Å². The highest BCUT2D eigenvalue weighted by molar-refractivity contribution is 7.22. The number of anilines is 1. The quantitative estimate of drug-likeness (QED) is 0.322. The molecule has 1 unspecified atom stereocenters. The minimum absolute atomic E-state index is 0.00423. The molecular weight excluding hydrogens is 444 g/mol. The molecular formula is C25H23ClN2O3S. The molecule has 0 spiro atoms. The Morgan fingerprint density at radius 2 is 1.84 bits per heavy atom. The topological polar surface area (TPSA) is 62.7 Å². The van der Waals surface area contributed by atoms with Gasteiger partial charge >= 0.3 is 5.97 Å². The van der Waals surface area contributed by atoms with Crippen LogP contribution >= 0.6 is 22.9 Å². The van der Waals surface area contributed by atoms with Crippen molar-refractivity contribution in [2.24, 2.45) is 0 Å². The molecule has 1 N–H and O–H groups in total. The van der Waals surface area contributed by atoms with Crippen molar-refractivity contribution in [1.29, 1.82) is 0 Å². The summed E-state index contributed by atoms with van der Waals surface area (Å²) in [5.74, 6) is -0.0975. The molecule has 0 bridgehead atoms. The lowest BCUT2D eigenvalue weighted by Crippen LogP contribution is -2.29. The number of thiazole rings is 1.